The molecule has 1 aliphatic rings. The van der Waals surface area contributed by atoms with Gasteiger partial charge in [0.2, 0.25) is 10.0 Å². The van der Waals surface area contributed by atoms with E-state index in [4.69, 9.17) is 5.11 Å². The van der Waals surface area contributed by atoms with Gasteiger partial charge >= 0.3 is 5.97 Å². The normalized spacial score (nSPS) is 18.5. The van der Waals surface area contributed by atoms with E-state index in [-0.39, 0.29) is 10.5 Å². The molecule has 1 aliphatic heterocycles. The molecule has 2 atom stereocenters. The van der Waals surface area contributed by atoms with Gasteiger partial charge in [-0.2, -0.15) is 4.31 Å². The molecule has 1 saturated heterocycles. The van der Waals surface area contributed by atoms with E-state index < -0.39 is 34.0 Å². The van der Waals surface area contributed by atoms with E-state index in [0.29, 0.717) is 13.1 Å². The van der Waals surface area contributed by atoms with Crippen LogP contribution in [0.15, 0.2) is 29.2 Å². The van der Waals surface area contributed by atoms with Gasteiger partial charge in [-0.3, -0.25) is 4.79 Å². The Balaban J connectivity index is 2.14. The van der Waals surface area contributed by atoms with Crippen LogP contribution in [-0.4, -0.2) is 60.0 Å². The fourth-order valence-corrected chi connectivity index (χ4v) is 4.34. The van der Waals surface area contributed by atoms with Crippen LogP contribution in [0.5, 0.6) is 0 Å². The van der Waals surface area contributed by atoms with Crippen molar-refractivity contribution in [2.24, 2.45) is 0 Å². The number of rotatable bonds is 6. The average molecular weight is 384 g/mol. The van der Waals surface area contributed by atoms with Crippen molar-refractivity contribution in [2.75, 3.05) is 13.1 Å². The van der Waals surface area contributed by atoms with Gasteiger partial charge in [-0.25, -0.2) is 13.2 Å². The lowest BCUT2D eigenvalue weighted by Gasteiger charge is -2.20. The molecule has 0 bridgehead atoms. The highest BCUT2D eigenvalue weighted by Crippen LogP contribution is 2.20. The number of sulfonamides is 1. The van der Waals surface area contributed by atoms with E-state index in [1.165, 1.54) is 35.5 Å². The van der Waals surface area contributed by atoms with Crippen molar-refractivity contribution in [3.05, 3.63) is 29.8 Å². The predicted molar refractivity (Wildman–Crippen MR) is 94.2 cm³/mol. The Morgan fingerprint density at radius 3 is 2.08 bits per heavy atom. The Kier molecular flexibility index (Phi) is 6.74. The summed E-state index contributed by atoms with van der Waals surface area (Å²) < 4.78 is 26.8. The number of nitrogens with one attached hydrogen (secondary N) is 1. The second-order valence-electron chi connectivity index (χ2n) is 6.37. The second kappa shape index (κ2) is 8.61. The standard InChI is InChI=1S/C17H24N2O6S/c1-12(20)15(17(22)23)18-16(21)13-6-8-14(9-7-13)26(24,25)19-10-4-2-3-5-11-19/h6-9,12,15,20H,2-5,10-11H2,1H3,(H,18,21)(H,22,23)/t12-,15+/m1/s1. The Morgan fingerprint density at radius 2 is 1.62 bits per heavy atom. The summed E-state index contributed by atoms with van der Waals surface area (Å²) >= 11 is 0. The van der Waals surface area contributed by atoms with Crippen molar-refractivity contribution in [2.45, 2.75) is 49.6 Å². The lowest BCUT2D eigenvalue weighted by Crippen LogP contribution is -2.47. The van der Waals surface area contributed by atoms with Crippen molar-refractivity contribution >= 4 is 21.9 Å². The lowest BCUT2D eigenvalue weighted by atomic mass is 10.1. The number of carboxylic acids is 1. The number of aliphatic hydroxyl groups is 1. The highest BCUT2D eigenvalue weighted by Gasteiger charge is 2.27. The molecule has 2 rings (SSSR count). The smallest absolute Gasteiger partial charge is 0.328 e. The summed E-state index contributed by atoms with van der Waals surface area (Å²) in [5, 5.41) is 20.6. The number of amides is 1. The number of carbonyl (C=O) groups is 2. The molecule has 1 amide bonds. The predicted octanol–water partition coefficient (Wildman–Crippen LogP) is 0.815. The Hall–Kier alpha value is -1.97. The van der Waals surface area contributed by atoms with Crippen molar-refractivity contribution < 1.29 is 28.2 Å². The highest BCUT2D eigenvalue weighted by atomic mass is 32.2. The maximum atomic E-state index is 12.7. The van der Waals surface area contributed by atoms with Crippen molar-refractivity contribution in [3.8, 4) is 0 Å². The number of hydrogen-bond acceptors (Lipinski definition) is 5. The zero-order valence-electron chi connectivity index (χ0n) is 14.6. The van der Waals surface area contributed by atoms with Gasteiger partial charge in [0.15, 0.2) is 6.04 Å². The van der Waals surface area contributed by atoms with Crippen LogP contribution in [0.3, 0.4) is 0 Å². The molecular formula is C17H24N2O6S. The monoisotopic (exact) mass is 384 g/mol. The molecule has 1 heterocycles. The van der Waals surface area contributed by atoms with Crippen molar-refractivity contribution in [1.29, 1.82) is 0 Å². The highest BCUT2D eigenvalue weighted by molar-refractivity contribution is 7.89. The minimum absolute atomic E-state index is 0.0984. The molecule has 1 aromatic rings. The first-order valence-electron chi connectivity index (χ1n) is 8.55. The molecule has 0 unspecified atom stereocenters. The summed E-state index contributed by atoms with van der Waals surface area (Å²) in [6.45, 7) is 2.23. The van der Waals surface area contributed by atoms with E-state index >= 15 is 0 Å². The number of hydrogen-bond donors (Lipinski definition) is 3. The van der Waals surface area contributed by atoms with E-state index in [1.807, 2.05) is 0 Å². The molecule has 0 aromatic heterocycles. The summed E-state index contributed by atoms with van der Waals surface area (Å²) in [5.74, 6) is -2.05. The minimum Gasteiger partial charge on any atom is -0.480 e. The third-order valence-corrected chi connectivity index (χ3v) is 6.27. The van der Waals surface area contributed by atoms with Crippen LogP contribution in [0.1, 0.15) is 43.0 Å². The molecule has 0 radical (unpaired) electrons. The van der Waals surface area contributed by atoms with Crippen LogP contribution < -0.4 is 5.32 Å². The van der Waals surface area contributed by atoms with Crippen molar-refractivity contribution in [3.63, 3.8) is 0 Å². The summed E-state index contributed by atoms with van der Waals surface area (Å²) in [6, 6.07) is 3.91. The zero-order chi connectivity index (χ0) is 19.3. The van der Waals surface area contributed by atoms with Gasteiger partial charge in [-0.15, -0.1) is 0 Å². The molecule has 1 aromatic carbocycles. The third kappa shape index (κ3) is 4.80. The van der Waals surface area contributed by atoms with E-state index in [9.17, 15) is 23.1 Å². The van der Waals surface area contributed by atoms with E-state index in [2.05, 4.69) is 5.32 Å². The summed E-state index contributed by atoms with van der Waals surface area (Å²) in [5.41, 5.74) is 0.117. The average Bonchev–Trinajstić information content (AvgIpc) is 2.89. The SMILES string of the molecule is C[C@@H](O)[C@H](NC(=O)c1ccc(S(=O)(=O)N2CCCCCC2)cc1)C(=O)O. The van der Waals surface area contributed by atoms with Gasteiger partial charge in [0, 0.05) is 18.7 Å². The molecule has 3 N–H and O–H groups in total. The van der Waals surface area contributed by atoms with Crippen LogP contribution in [0, 0.1) is 0 Å². The van der Waals surface area contributed by atoms with Crippen LogP contribution in [0.2, 0.25) is 0 Å². The molecule has 0 aliphatic carbocycles. The van der Waals surface area contributed by atoms with Gasteiger partial charge in [0.25, 0.3) is 5.91 Å². The summed E-state index contributed by atoms with van der Waals surface area (Å²) in [7, 11) is -3.61. The Morgan fingerprint density at radius 1 is 1.08 bits per heavy atom. The van der Waals surface area contributed by atoms with E-state index in [1.54, 1.807) is 0 Å². The van der Waals surface area contributed by atoms with Crippen LogP contribution in [-0.2, 0) is 14.8 Å². The fraction of sp³-hybridized carbons (Fsp3) is 0.529. The number of carboxylic acid groups (broad SMARTS) is 1. The molecule has 144 valence electrons. The van der Waals surface area contributed by atoms with E-state index in [0.717, 1.165) is 25.7 Å². The van der Waals surface area contributed by atoms with Crippen LogP contribution in [0.25, 0.3) is 0 Å². The number of aliphatic hydroxyl groups excluding tert-OH is 1. The first-order valence-corrected chi connectivity index (χ1v) is 9.99. The maximum absolute atomic E-state index is 12.7. The first-order chi connectivity index (χ1) is 12.2. The first kappa shape index (κ1) is 20.3. The van der Waals surface area contributed by atoms with Gasteiger partial charge in [-0.05, 0) is 44.0 Å². The quantitative estimate of drug-likeness (QED) is 0.667. The third-order valence-electron chi connectivity index (χ3n) is 4.35. The lowest BCUT2D eigenvalue weighted by molar-refractivity contribution is -0.141. The van der Waals surface area contributed by atoms with Gasteiger partial charge in [0.1, 0.15) is 0 Å². The second-order valence-corrected chi connectivity index (χ2v) is 8.31. The largest absolute Gasteiger partial charge is 0.480 e. The van der Waals surface area contributed by atoms with Crippen LogP contribution in [0.4, 0.5) is 0 Å². The molecule has 26 heavy (non-hydrogen) atoms. The number of carbonyl (C=O) groups excluding carboxylic acids is 1. The number of nitrogens with zero attached hydrogens (tertiary/aromatic N) is 1. The fourth-order valence-electron chi connectivity index (χ4n) is 2.82. The molecule has 1 fully saturated rings. The molecule has 0 spiro atoms. The molecule has 0 saturated carbocycles. The van der Waals surface area contributed by atoms with Crippen LogP contribution >= 0.6 is 0 Å². The molecule has 8 nitrogen and oxygen atoms in total. The number of benzene rings is 1. The van der Waals surface area contributed by atoms with Gasteiger partial charge in [-0.1, -0.05) is 12.8 Å². The minimum atomic E-state index is -3.61. The molecular weight excluding hydrogens is 360 g/mol. The Labute approximate surface area is 152 Å². The maximum Gasteiger partial charge on any atom is 0.328 e. The van der Waals surface area contributed by atoms with Gasteiger partial charge < -0.3 is 15.5 Å². The van der Waals surface area contributed by atoms with Gasteiger partial charge in [0.05, 0.1) is 11.0 Å². The zero-order valence-corrected chi connectivity index (χ0v) is 15.4. The Bertz CT molecular complexity index is 737. The summed E-state index contributed by atoms with van der Waals surface area (Å²) in [4.78, 5) is 23.3. The topological polar surface area (TPSA) is 124 Å². The number of aliphatic carboxylic acids is 1. The molecule has 9 heteroatoms. The van der Waals surface area contributed by atoms with Crippen molar-refractivity contribution in [1.82, 2.24) is 9.62 Å². The summed E-state index contributed by atoms with van der Waals surface area (Å²) in [6.07, 6.45) is 2.42.